The van der Waals surface area contributed by atoms with Crippen LogP contribution in [0.2, 0.25) is 0 Å². The van der Waals surface area contributed by atoms with Gasteiger partial charge in [0.25, 0.3) is 5.91 Å². The van der Waals surface area contributed by atoms with Crippen LogP contribution in [-0.4, -0.2) is 51.7 Å². The topological polar surface area (TPSA) is 66.9 Å². The molecule has 0 spiro atoms. The second-order valence-corrected chi connectivity index (χ2v) is 8.78. The van der Waals surface area contributed by atoms with Crippen molar-refractivity contribution in [2.45, 2.75) is 39.2 Å². The van der Waals surface area contributed by atoms with E-state index in [4.69, 9.17) is 4.74 Å². The molecule has 0 saturated carbocycles. The second kappa shape index (κ2) is 8.08. The standard InChI is InChI=1S/C18H28N2O4S/c1-5-17(18(21)20-12-6-7-14(2)13-20)24-16-10-8-15(9-11-16)19(3)25(4,22)23/h8-11,14,17H,5-7,12-13H2,1-4H3/t14-,17+/m0/s1. The molecule has 1 aliphatic rings. The molecule has 0 aliphatic carbocycles. The van der Waals surface area contributed by atoms with Crippen LogP contribution >= 0.6 is 0 Å². The third kappa shape index (κ3) is 5.11. The number of ether oxygens (including phenoxy) is 1. The van der Waals surface area contributed by atoms with Crippen molar-refractivity contribution in [1.82, 2.24) is 4.90 Å². The molecule has 1 fully saturated rings. The minimum Gasteiger partial charge on any atom is -0.481 e. The van der Waals surface area contributed by atoms with Crippen LogP contribution in [0.15, 0.2) is 24.3 Å². The van der Waals surface area contributed by atoms with E-state index >= 15 is 0 Å². The van der Waals surface area contributed by atoms with Crippen molar-refractivity contribution in [2.24, 2.45) is 5.92 Å². The summed E-state index contributed by atoms with van der Waals surface area (Å²) in [6.07, 6.45) is 3.44. The van der Waals surface area contributed by atoms with Crippen LogP contribution in [0, 0.1) is 5.92 Å². The average Bonchev–Trinajstić information content (AvgIpc) is 2.58. The Morgan fingerprint density at radius 2 is 2.00 bits per heavy atom. The van der Waals surface area contributed by atoms with Gasteiger partial charge in [-0.1, -0.05) is 13.8 Å². The molecule has 25 heavy (non-hydrogen) atoms. The van der Waals surface area contributed by atoms with Crippen molar-refractivity contribution in [3.8, 4) is 5.75 Å². The fourth-order valence-electron chi connectivity index (χ4n) is 2.99. The zero-order chi connectivity index (χ0) is 18.6. The van der Waals surface area contributed by atoms with Crippen molar-refractivity contribution in [3.63, 3.8) is 0 Å². The summed E-state index contributed by atoms with van der Waals surface area (Å²) in [6, 6.07) is 6.75. The summed E-state index contributed by atoms with van der Waals surface area (Å²) in [5.41, 5.74) is 0.555. The summed E-state index contributed by atoms with van der Waals surface area (Å²) in [4.78, 5) is 14.6. The highest BCUT2D eigenvalue weighted by atomic mass is 32.2. The van der Waals surface area contributed by atoms with E-state index in [2.05, 4.69) is 6.92 Å². The molecule has 140 valence electrons. The zero-order valence-corrected chi connectivity index (χ0v) is 16.3. The highest BCUT2D eigenvalue weighted by Gasteiger charge is 2.28. The van der Waals surface area contributed by atoms with Gasteiger partial charge in [-0.05, 0) is 49.4 Å². The lowest BCUT2D eigenvalue weighted by molar-refractivity contribution is -0.140. The Kier molecular flexibility index (Phi) is 6.32. The lowest BCUT2D eigenvalue weighted by atomic mass is 9.99. The fourth-order valence-corrected chi connectivity index (χ4v) is 3.50. The number of likely N-dealkylation sites (tertiary alicyclic amines) is 1. The van der Waals surface area contributed by atoms with Crippen molar-refractivity contribution in [1.29, 1.82) is 0 Å². The largest absolute Gasteiger partial charge is 0.481 e. The van der Waals surface area contributed by atoms with Gasteiger partial charge >= 0.3 is 0 Å². The molecule has 1 saturated heterocycles. The molecule has 2 atom stereocenters. The summed E-state index contributed by atoms with van der Waals surface area (Å²) < 4.78 is 30.2. The number of anilines is 1. The van der Waals surface area contributed by atoms with E-state index < -0.39 is 16.1 Å². The van der Waals surface area contributed by atoms with Crippen molar-refractivity contribution >= 4 is 21.6 Å². The molecule has 7 heteroatoms. The molecule has 1 amide bonds. The summed E-state index contributed by atoms with van der Waals surface area (Å²) in [5.74, 6) is 1.13. The van der Waals surface area contributed by atoms with Gasteiger partial charge in [0.05, 0.1) is 11.9 Å². The van der Waals surface area contributed by atoms with E-state index in [-0.39, 0.29) is 5.91 Å². The van der Waals surface area contributed by atoms with Crippen LogP contribution in [0.3, 0.4) is 0 Å². The van der Waals surface area contributed by atoms with Gasteiger partial charge in [-0.3, -0.25) is 9.10 Å². The maximum atomic E-state index is 12.7. The van der Waals surface area contributed by atoms with Crippen LogP contribution in [0.25, 0.3) is 0 Å². The molecule has 2 rings (SSSR count). The van der Waals surface area contributed by atoms with E-state index in [0.29, 0.717) is 23.8 Å². The molecule has 1 aromatic rings. The van der Waals surface area contributed by atoms with Crippen molar-refractivity contribution in [3.05, 3.63) is 24.3 Å². The molecule has 0 N–H and O–H groups in total. The Bertz CT molecular complexity index is 688. The van der Waals surface area contributed by atoms with Crippen LogP contribution < -0.4 is 9.04 Å². The Morgan fingerprint density at radius 1 is 1.36 bits per heavy atom. The minimum absolute atomic E-state index is 0.0337. The van der Waals surface area contributed by atoms with E-state index in [1.807, 2.05) is 11.8 Å². The smallest absolute Gasteiger partial charge is 0.263 e. The number of piperidine rings is 1. The van der Waals surface area contributed by atoms with Gasteiger partial charge in [-0.25, -0.2) is 8.42 Å². The van der Waals surface area contributed by atoms with Gasteiger partial charge in [-0.2, -0.15) is 0 Å². The molecule has 0 radical (unpaired) electrons. The van der Waals surface area contributed by atoms with Crippen LogP contribution in [0.4, 0.5) is 5.69 Å². The normalized spacial score (nSPS) is 19.4. The first-order valence-electron chi connectivity index (χ1n) is 8.71. The first-order chi connectivity index (χ1) is 11.7. The minimum atomic E-state index is -3.30. The molecule has 0 aromatic heterocycles. The van der Waals surface area contributed by atoms with E-state index in [1.54, 1.807) is 24.3 Å². The Hall–Kier alpha value is -1.76. The molecular weight excluding hydrogens is 340 g/mol. The first-order valence-corrected chi connectivity index (χ1v) is 10.6. The number of nitrogens with zero attached hydrogens (tertiary/aromatic N) is 2. The number of hydrogen-bond donors (Lipinski definition) is 0. The van der Waals surface area contributed by atoms with Gasteiger partial charge in [0, 0.05) is 20.1 Å². The lowest BCUT2D eigenvalue weighted by Crippen LogP contribution is -2.46. The Labute approximate surface area is 150 Å². The van der Waals surface area contributed by atoms with Crippen LogP contribution in [-0.2, 0) is 14.8 Å². The maximum Gasteiger partial charge on any atom is 0.263 e. The highest BCUT2D eigenvalue weighted by molar-refractivity contribution is 7.92. The van der Waals surface area contributed by atoms with Crippen molar-refractivity contribution in [2.75, 3.05) is 30.7 Å². The number of rotatable bonds is 6. The predicted octanol–water partition coefficient (Wildman–Crippen LogP) is 2.50. The van der Waals surface area contributed by atoms with Gasteiger partial charge in [0.15, 0.2) is 6.10 Å². The molecule has 1 heterocycles. The maximum absolute atomic E-state index is 12.7. The average molecular weight is 368 g/mol. The number of benzene rings is 1. The van der Waals surface area contributed by atoms with Gasteiger partial charge in [-0.15, -0.1) is 0 Å². The number of amides is 1. The van der Waals surface area contributed by atoms with Crippen LogP contribution in [0.1, 0.15) is 33.1 Å². The zero-order valence-electron chi connectivity index (χ0n) is 15.4. The summed E-state index contributed by atoms with van der Waals surface area (Å²) >= 11 is 0. The molecule has 1 aromatic carbocycles. The van der Waals surface area contributed by atoms with E-state index in [0.717, 1.165) is 32.2 Å². The van der Waals surface area contributed by atoms with Gasteiger partial charge < -0.3 is 9.64 Å². The molecule has 0 unspecified atom stereocenters. The second-order valence-electron chi connectivity index (χ2n) is 6.77. The summed E-state index contributed by atoms with van der Waals surface area (Å²) in [6.45, 7) is 5.68. The van der Waals surface area contributed by atoms with E-state index in [1.165, 1.54) is 11.4 Å². The lowest BCUT2D eigenvalue weighted by Gasteiger charge is -2.33. The number of sulfonamides is 1. The number of hydrogen-bond acceptors (Lipinski definition) is 4. The molecule has 0 bridgehead atoms. The predicted molar refractivity (Wildman–Crippen MR) is 99.4 cm³/mol. The first kappa shape index (κ1) is 19.6. The van der Waals surface area contributed by atoms with Crippen LogP contribution in [0.5, 0.6) is 5.75 Å². The van der Waals surface area contributed by atoms with Crippen molar-refractivity contribution < 1.29 is 17.9 Å². The molecular formula is C18H28N2O4S. The SMILES string of the molecule is CC[C@@H](Oc1ccc(N(C)S(C)(=O)=O)cc1)C(=O)N1CCC[C@H](C)C1. The Morgan fingerprint density at radius 3 is 2.52 bits per heavy atom. The Balaban J connectivity index is 2.05. The molecule has 1 aliphatic heterocycles. The van der Waals surface area contributed by atoms with Gasteiger partial charge in [0.1, 0.15) is 5.75 Å². The summed E-state index contributed by atoms with van der Waals surface area (Å²) in [5, 5.41) is 0. The number of carbonyl (C=O) groups excluding carboxylic acids is 1. The third-order valence-electron chi connectivity index (χ3n) is 4.59. The monoisotopic (exact) mass is 368 g/mol. The fraction of sp³-hybridized carbons (Fsp3) is 0.611. The molecule has 6 nitrogen and oxygen atoms in total. The summed E-state index contributed by atoms with van der Waals surface area (Å²) in [7, 11) is -1.80. The van der Waals surface area contributed by atoms with Gasteiger partial charge in [0.2, 0.25) is 10.0 Å². The number of carbonyl (C=O) groups is 1. The van der Waals surface area contributed by atoms with E-state index in [9.17, 15) is 13.2 Å². The quantitative estimate of drug-likeness (QED) is 0.774. The third-order valence-corrected chi connectivity index (χ3v) is 5.80. The highest BCUT2D eigenvalue weighted by Crippen LogP contribution is 2.23.